The van der Waals surface area contributed by atoms with Crippen LogP contribution in [0.2, 0.25) is 0 Å². The van der Waals surface area contributed by atoms with E-state index in [0.29, 0.717) is 26.0 Å². The number of carbonyl (C=O) groups excluding carboxylic acids is 1. The van der Waals surface area contributed by atoms with Gasteiger partial charge in [-0.05, 0) is 19.3 Å². The standard InChI is InChI=1S/C10H22NO6P.C2H6/c1-15-9-6-10(12)11-7-4-3-5-8-17-18(13,14)16-2;1-2/h3-9H2,1-2H3,(H,11,12)(H,13,14);1-2H3. The number of carbonyl (C=O) groups is 1. The van der Waals surface area contributed by atoms with Crippen molar-refractivity contribution in [1.82, 2.24) is 5.32 Å². The number of nitrogens with one attached hydrogen (secondary N) is 1. The summed E-state index contributed by atoms with van der Waals surface area (Å²) in [6, 6.07) is 0. The smallest absolute Gasteiger partial charge is 0.384 e. The van der Waals surface area contributed by atoms with Crippen LogP contribution in [0, 0.1) is 0 Å². The molecule has 0 fully saturated rings. The minimum absolute atomic E-state index is 0.0349. The molecule has 0 radical (unpaired) electrons. The van der Waals surface area contributed by atoms with Crippen LogP contribution < -0.4 is 5.32 Å². The third-order valence-corrected chi connectivity index (χ3v) is 3.13. The van der Waals surface area contributed by atoms with Crippen LogP contribution >= 0.6 is 7.82 Å². The maximum absolute atomic E-state index is 11.2. The highest BCUT2D eigenvalue weighted by atomic mass is 31.2. The first kappa shape index (κ1) is 21.8. The fourth-order valence-corrected chi connectivity index (χ4v) is 1.61. The lowest BCUT2D eigenvalue weighted by Gasteiger charge is -2.08. The molecule has 122 valence electrons. The lowest BCUT2D eigenvalue weighted by molar-refractivity contribution is -0.121. The lowest BCUT2D eigenvalue weighted by atomic mass is 10.2. The molecule has 0 saturated heterocycles. The molecule has 1 unspecified atom stereocenters. The quantitative estimate of drug-likeness (QED) is 0.448. The summed E-state index contributed by atoms with van der Waals surface area (Å²) in [6.45, 7) is 5.17. The predicted octanol–water partition coefficient (Wildman–Crippen LogP) is 2.10. The minimum atomic E-state index is -3.84. The molecule has 0 aliphatic heterocycles. The van der Waals surface area contributed by atoms with Crippen LogP contribution in [0.1, 0.15) is 39.5 Å². The van der Waals surface area contributed by atoms with E-state index >= 15 is 0 Å². The van der Waals surface area contributed by atoms with E-state index in [-0.39, 0.29) is 12.5 Å². The Bertz CT molecular complexity index is 275. The van der Waals surface area contributed by atoms with E-state index in [4.69, 9.17) is 9.63 Å². The monoisotopic (exact) mass is 313 g/mol. The van der Waals surface area contributed by atoms with Gasteiger partial charge in [0.1, 0.15) is 0 Å². The number of hydrogen-bond acceptors (Lipinski definition) is 5. The maximum atomic E-state index is 11.2. The van der Waals surface area contributed by atoms with Gasteiger partial charge in [0, 0.05) is 27.2 Å². The van der Waals surface area contributed by atoms with E-state index in [9.17, 15) is 9.36 Å². The van der Waals surface area contributed by atoms with Gasteiger partial charge in [-0.1, -0.05) is 13.8 Å². The Kier molecular flexibility index (Phi) is 16.3. The number of phosphoric ester groups is 1. The van der Waals surface area contributed by atoms with Crippen LogP contribution in [0.25, 0.3) is 0 Å². The van der Waals surface area contributed by atoms with Gasteiger partial charge in [-0.3, -0.25) is 13.8 Å². The van der Waals surface area contributed by atoms with Crippen LogP contribution in [-0.2, 0) is 23.1 Å². The van der Waals surface area contributed by atoms with Crippen molar-refractivity contribution in [3.8, 4) is 0 Å². The molecule has 0 aromatic carbocycles. The summed E-state index contributed by atoms with van der Waals surface area (Å²) in [7, 11) is -1.17. The first-order valence-electron chi connectivity index (χ1n) is 6.80. The van der Waals surface area contributed by atoms with Gasteiger partial charge < -0.3 is 14.9 Å². The number of methoxy groups -OCH3 is 1. The Labute approximate surface area is 121 Å². The van der Waals surface area contributed by atoms with Crippen molar-refractivity contribution in [3.63, 3.8) is 0 Å². The highest BCUT2D eigenvalue weighted by Gasteiger charge is 2.17. The van der Waals surface area contributed by atoms with E-state index in [1.165, 1.54) is 0 Å². The number of unbranched alkanes of at least 4 members (excludes halogenated alkanes) is 2. The summed E-state index contributed by atoms with van der Waals surface area (Å²) in [5, 5.41) is 2.75. The number of amides is 1. The molecule has 7 nitrogen and oxygen atoms in total. The third-order valence-electron chi connectivity index (χ3n) is 2.16. The van der Waals surface area contributed by atoms with Crippen LogP contribution in [-0.4, -0.2) is 44.8 Å². The van der Waals surface area contributed by atoms with Crippen LogP contribution in [0.5, 0.6) is 0 Å². The van der Waals surface area contributed by atoms with Crippen LogP contribution in [0.3, 0.4) is 0 Å². The molecule has 1 amide bonds. The van der Waals surface area contributed by atoms with Crippen molar-refractivity contribution < 1.29 is 28.0 Å². The number of rotatable bonds is 11. The van der Waals surface area contributed by atoms with Crippen molar-refractivity contribution >= 4 is 13.7 Å². The molecule has 20 heavy (non-hydrogen) atoms. The number of hydrogen-bond donors (Lipinski definition) is 2. The molecule has 0 spiro atoms. The molecular weight excluding hydrogens is 285 g/mol. The largest absolute Gasteiger partial charge is 0.471 e. The molecular formula is C12H28NO6P. The highest BCUT2D eigenvalue weighted by molar-refractivity contribution is 7.47. The van der Waals surface area contributed by atoms with Gasteiger partial charge in [-0.2, -0.15) is 0 Å². The SMILES string of the molecule is CC.COCCC(=O)NCCCCCOP(=O)(O)OC. The molecule has 0 aromatic heterocycles. The van der Waals surface area contributed by atoms with Gasteiger partial charge in [-0.25, -0.2) is 4.57 Å². The van der Waals surface area contributed by atoms with Crippen LogP contribution in [0.4, 0.5) is 0 Å². The summed E-state index contributed by atoms with van der Waals surface area (Å²) < 4.78 is 24.6. The normalized spacial score (nSPS) is 13.1. The van der Waals surface area contributed by atoms with Crippen molar-refractivity contribution in [1.29, 1.82) is 0 Å². The van der Waals surface area contributed by atoms with Crippen molar-refractivity contribution in [3.05, 3.63) is 0 Å². The van der Waals surface area contributed by atoms with Gasteiger partial charge in [0.05, 0.1) is 13.2 Å². The molecule has 2 N–H and O–H groups in total. The van der Waals surface area contributed by atoms with Gasteiger partial charge >= 0.3 is 7.82 Å². The second-order valence-electron chi connectivity index (χ2n) is 3.64. The summed E-state index contributed by atoms with van der Waals surface area (Å²) >= 11 is 0. The van der Waals surface area contributed by atoms with E-state index < -0.39 is 7.82 Å². The van der Waals surface area contributed by atoms with Gasteiger partial charge in [0.2, 0.25) is 5.91 Å². The zero-order valence-electron chi connectivity index (χ0n) is 12.9. The number of ether oxygens (including phenoxy) is 1. The average molecular weight is 313 g/mol. The molecule has 0 rings (SSSR count). The highest BCUT2D eigenvalue weighted by Crippen LogP contribution is 2.41. The second kappa shape index (κ2) is 14.9. The minimum Gasteiger partial charge on any atom is -0.384 e. The number of phosphoric acid groups is 1. The summed E-state index contributed by atoms with van der Waals surface area (Å²) in [4.78, 5) is 20.1. The van der Waals surface area contributed by atoms with E-state index in [1.54, 1.807) is 7.11 Å². The Morgan fingerprint density at radius 2 is 1.80 bits per heavy atom. The van der Waals surface area contributed by atoms with E-state index in [0.717, 1.165) is 20.0 Å². The molecule has 0 saturated carbocycles. The Hall–Kier alpha value is -0.460. The van der Waals surface area contributed by atoms with Gasteiger partial charge in [0.15, 0.2) is 0 Å². The summed E-state index contributed by atoms with van der Waals surface area (Å²) in [5.41, 5.74) is 0. The molecule has 0 heterocycles. The maximum Gasteiger partial charge on any atom is 0.471 e. The van der Waals surface area contributed by atoms with Gasteiger partial charge in [-0.15, -0.1) is 0 Å². The molecule has 0 aromatic rings. The predicted molar refractivity (Wildman–Crippen MR) is 77.5 cm³/mol. The van der Waals surface area contributed by atoms with Gasteiger partial charge in [0.25, 0.3) is 0 Å². The average Bonchev–Trinajstić information content (AvgIpc) is 2.46. The fraction of sp³-hybridized carbons (Fsp3) is 0.917. The van der Waals surface area contributed by atoms with Crippen molar-refractivity contribution in [2.24, 2.45) is 0 Å². The van der Waals surface area contributed by atoms with Crippen molar-refractivity contribution in [2.45, 2.75) is 39.5 Å². The lowest BCUT2D eigenvalue weighted by Crippen LogP contribution is -2.25. The van der Waals surface area contributed by atoms with Crippen LogP contribution in [0.15, 0.2) is 0 Å². The first-order chi connectivity index (χ1) is 9.52. The zero-order chi connectivity index (χ0) is 15.9. The molecule has 0 aliphatic rings. The van der Waals surface area contributed by atoms with Crippen molar-refractivity contribution in [2.75, 3.05) is 34.0 Å². The molecule has 1 atom stereocenters. The fourth-order valence-electron chi connectivity index (χ4n) is 1.15. The Morgan fingerprint density at radius 3 is 2.35 bits per heavy atom. The van der Waals surface area contributed by atoms with E-state index in [1.807, 2.05) is 13.8 Å². The second-order valence-corrected chi connectivity index (χ2v) is 5.20. The van der Waals surface area contributed by atoms with E-state index in [2.05, 4.69) is 14.4 Å². The zero-order valence-corrected chi connectivity index (χ0v) is 13.8. The molecule has 8 heteroatoms. The summed E-state index contributed by atoms with van der Waals surface area (Å²) in [6.07, 6.45) is 2.60. The Balaban J connectivity index is 0. The molecule has 0 bridgehead atoms. The topological polar surface area (TPSA) is 94.1 Å². The Morgan fingerprint density at radius 1 is 1.15 bits per heavy atom. The third kappa shape index (κ3) is 15.6. The first-order valence-corrected chi connectivity index (χ1v) is 8.30. The summed E-state index contributed by atoms with van der Waals surface area (Å²) in [5.74, 6) is -0.0349. The molecule has 0 aliphatic carbocycles.